The van der Waals surface area contributed by atoms with Crippen LogP contribution in [0.4, 0.5) is 0 Å². The molecule has 6 aliphatic rings. The van der Waals surface area contributed by atoms with E-state index in [2.05, 4.69) is 34.6 Å². The average Bonchev–Trinajstić information content (AvgIpc) is 3.34. The molecule has 0 bridgehead atoms. The van der Waals surface area contributed by atoms with Crippen molar-refractivity contribution in [3.63, 3.8) is 0 Å². The molecule has 4 saturated carbocycles. The highest BCUT2D eigenvalue weighted by Gasteiger charge is 2.65. The van der Waals surface area contributed by atoms with Crippen LogP contribution in [0.2, 0.25) is 0 Å². The highest BCUT2D eigenvalue weighted by molar-refractivity contribution is 5.98. The van der Waals surface area contributed by atoms with Gasteiger partial charge in [0.15, 0.2) is 5.65 Å². The lowest BCUT2D eigenvalue weighted by Gasteiger charge is -2.63. The normalized spacial score (nSPS) is 41.7. The maximum atomic E-state index is 13.7. The van der Waals surface area contributed by atoms with Gasteiger partial charge in [0.1, 0.15) is 17.3 Å². The number of pyridine rings is 2. The molecule has 250 valence electrons. The number of amides is 2. The lowest BCUT2D eigenvalue weighted by Crippen LogP contribution is -2.64. The zero-order chi connectivity index (χ0) is 32.7. The average molecular weight is 640 g/mol. The van der Waals surface area contributed by atoms with Gasteiger partial charge in [0.2, 0.25) is 5.91 Å². The van der Waals surface area contributed by atoms with E-state index < -0.39 is 11.6 Å². The van der Waals surface area contributed by atoms with Crippen LogP contribution in [0.15, 0.2) is 30.5 Å². The van der Waals surface area contributed by atoms with Gasteiger partial charge in [-0.15, -0.1) is 6.42 Å². The standard InChI is InChI=1S/C38H49N5O4/c1-4-38(47)15-12-28-26-9-8-25-22-32(44)31(23-36(25,2)27(26)11-14-37(28,38)3)41-18-20-42(21-19-41)35(46)30-13-17-43(30)34(45)29-10-7-24-6-5-16-39-33(24)40-29/h1,5-7,10,16,25-28,30-32,44,47H,8-9,11-15,17-23H2,2-3H3/t25?,26-,27+,28+,30+,31+,32+,36+,37+,38+/m1/s1. The van der Waals surface area contributed by atoms with E-state index in [0.717, 1.165) is 57.0 Å². The zero-order valence-corrected chi connectivity index (χ0v) is 27.9. The number of rotatable bonds is 3. The first-order chi connectivity index (χ1) is 22.6. The van der Waals surface area contributed by atoms with Crippen molar-refractivity contribution in [2.45, 2.75) is 95.4 Å². The maximum absolute atomic E-state index is 13.7. The van der Waals surface area contributed by atoms with Crippen LogP contribution in [0.5, 0.6) is 0 Å². The maximum Gasteiger partial charge on any atom is 0.273 e. The molecule has 0 radical (unpaired) electrons. The smallest absolute Gasteiger partial charge is 0.273 e. The largest absolute Gasteiger partial charge is 0.391 e. The third-order valence-corrected chi connectivity index (χ3v) is 14.4. The van der Waals surface area contributed by atoms with Gasteiger partial charge in [-0.2, -0.15) is 0 Å². The Morgan fingerprint density at radius 2 is 1.77 bits per heavy atom. The summed E-state index contributed by atoms with van der Waals surface area (Å²) in [6.07, 6.45) is 15.8. The van der Waals surface area contributed by atoms with Gasteiger partial charge in [-0.3, -0.25) is 14.5 Å². The highest BCUT2D eigenvalue weighted by Crippen LogP contribution is 2.68. The second-order valence-corrected chi connectivity index (χ2v) is 16.1. The fourth-order valence-electron chi connectivity index (χ4n) is 11.5. The van der Waals surface area contributed by atoms with Gasteiger partial charge >= 0.3 is 0 Å². The van der Waals surface area contributed by atoms with Crippen LogP contribution in [0, 0.1) is 46.8 Å². The van der Waals surface area contributed by atoms with E-state index in [1.165, 1.54) is 6.42 Å². The molecule has 0 aromatic carbocycles. The number of likely N-dealkylation sites (tertiary alicyclic amines) is 1. The number of carbonyl (C=O) groups excluding carboxylic acids is 2. The number of piperazine rings is 1. The SMILES string of the molecule is C#C[C@]1(O)CC[C@H]2[C@@H]3CCC4C[C@H](O)[C@@H](N5CCN(C(=O)[C@@H]6CCN6C(=O)c6ccc7cccnc7n6)CC5)C[C@]4(C)[C@H]3CC[C@@]21C. The number of hydrogen-bond acceptors (Lipinski definition) is 7. The van der Waals surface area contributed by atoms with Crippen molar-refractivity contribution < 1.29 is 19.8 Å². The predicted octanol–water partition coefficient (Wildman–Crippen LogP) is 3.73. The molecule has 2 aromatic heterocycles. The molecular formula is C38H49N5O4. The lowest BCUT2D eigenvalue weighted by atomic mass is 9.44. The topological polar surface area (TPSA) is 110 Å². The van der Waals surface area contributed by atoms with Gasteiger partial charge in [-0.25, -0.2) is 9.97 Å². The second kappa shape index (κ2) is 11.2. The van der Waals surface area contributed by atoms with E-state index in [1.807, 2.05) is 23.1 Å². The molecule has 10 atom stereocenters. The van der Waals surface area contributed by atoms with Gasteiger partial charge in [0.25, 0.3) is 5.91 Å². The van der Waals surface area contributed by atoms with Gasteiger partial charge in [-0.05, 0) is 111 Å². The Balaban J connectivity index is 0.914. The Morgan fingerprint density at radius 1 is 0.979 bits per heavy atom. The van der Waals surface area contributed by atoms with Crippen molar-refractivity contribution in [3.8, 4) is 12.3 Å². The number of hydrogen-bond donors (Lipinski definition) is 2. The minimum Gasteiger partial charge on any atom is -0.391 e. The van der Waals surface area contributed by atoms with E-state index in [9.17, 15) is 19.8 Å². The summed E-state index contributed by atoms with van der Waals surface area (Å²) in [4.78, 5) is 41.8. The van der Waals surface area contributed by atoms with Crippen molar-refractivity contribution in [1.82, 2.24) is 24.7 Å². The second-order valence-electron chi connectivity index (χ2n) is 16.1. The summed E-state index contributed by atoms with van der Waals surface area (Å²) in [5.41, 5.74) is -0.187. The molecule has 1 unspecified atom stereocenters. The van der Waals surface area contributed by atoms with Gasteiger partial charge in [0, 0.05) is 55.8 Å². The van der Waals surface area contributed by atoms with Crippen LogP contribution in [-0.2, 0) is 4.79 Å². The van der Waals surface area contributed by atoms with Crippen molar-refractivity contribution in [3.05, 3.63) is 36.2 Å². The molecule has 2 aliphatic heterocycles. The number of fused-ring (bicyclic) bond motifs is 6. The molecule has 2 N–H and O–H groups in total. The number of aliphatic hydroxyl groups is 2. The molecular weight excluding hydrogens is 590 g/mol. The number of terminal acetylenes is 1. The number of aliphatic hydroxyl groups excluding tert-OH is 1. The summed E-state index contributed by atoms with van der Waals surface area (Å²) in [5.74, 6) is 4.76. The molecule has 8 rings (SSSR count). The first-order valence-electron chi connectivity index (χ1n) is 18.0. The molecule has 2 amide bonds. The summed E-state index contributed by atoms with van der Waals surface area (Å²) in [6, 6.07) is 6.97. The quantitative estimate of drug-likeness (QED) is 0.493. The summed E-state index contributed by atoms with van der Waals surface area (Å²) in [6.45, 7) is 7.98. The van der Waals surface area contributed by atoms with Crippen LogP contribution in [0.3, 0.4) is 0 Å². The van der Waals surface area contributed by atoms with Crippen LogP contribution >= 0.6 is 0 Å². The Hall–Kier alpha value is -3.06. The number of carbonyl (C=O) groups is 2. The first-order valence-corrected chi connectivity index (χ1v) is 18.0. The van der Waals surface area contributed by atoms with Crippen molar-refractivity contribution in [2.75, 3.05) is 32.7 Å². The fraction of sp³-hybridized carbons (Fsp3) is 0.684. The molecule has 2 saturated heterocycles. The molecule has 6 fully saturated rings. The molecule has 9 nitrogen and oxygen atoms in total. The Labute approximate surface area is 278 Å². The highest BCUT2D eigenvalue weighted by atomic mass is 16.3. The molecule has 47 heavy (non-hydrogen) atoms. The third-order valence-electron chi connectivity index (χ3n) is 14.4. The van der Waals surface area contributed by atoms with E-state index >= 15 is 0 Å². The van der Waals surface area contributed by atoms with Crippen molar-refractivity contribution >= 4 is 22.8 Å². The number of aromatic nitrogens is 2. The van der Waals surface area contributed by atoms with E-state index in [-0.39, 0.29) is 34.8 Å². The Bertz CT molecular complexity index is 1620. The van der Waals surface area contributed by atoms with Crippen LogP contribution < -0.4 is 0 Å². The summed E-state index contributed by atoms with van der Waals surface area (Å²) >= 11 is 0. The van der Waals surface area contributed by atoms with Crippen molar-refractivity contribution in [2.24, 2.45) is 34.5 Å². The van der Waals surface area contributed by atoms with Crippen LogP contribution in [-0.4, -0.2) is 103 Å². The third kappa shape index (κ3) is 4.69. The van der Waals surface area contributed by atoms with E-state index in [4.69, 9.17) is 6.42 Å². The Kier molecular flexibility index (Phi) is 7.47. The molecule has 4 heterocycles. The van der Waals surface area contributed by atoms with Crippen LogP contribution in [0.1, 0.15) is 82.1 Å². The van der Waals surface area contributed by atoms with Crippen LogP contribution in [0.25, 0.3) is 11.0 Å². The van der Waals surface area contributed by atoms with Crippen molar-refractivity contribution in [1.29, 1.82) is 0 Å². The summed E-state index contributed by atoms with van der Waals surface area (Å²) in [5, 5.41) is 23.8. The lowest BCUT2D eigenvalue weighted by molar-refractivity contribution is -0.163. The molecule has 2 aromatic rings. The zero-order valence-electron chi connectivity index (χ0n) is 27.9. The molecule has 9 heteroatoms. The first kappa shape index (κ1) is 31.2. The summed E-state index contributed by atoms with van der Waals surface area (Å²) < 4.78 is 0. The minimum atomic E-state index is -0.989. The number of nitrogens with zero attached hydrogens (tertiary/aromatic N) is 5. The van der Waals surface area contributed by atoms with Gasteiger partial charge < -0.3 is 20.0 Å². The monoisotopic (exact) mass is 639 g/mol. The van der Waals surface area contributed by atoms with Gasteiger partial charge in [-0.1, -0.05) is 19.8 Å². The fourth-order valence-corrected chi connectivity index (χ4v) is 11.5. The van der Waals surface area contributed by atoms with E-state index in [1.54, 1.807) is 17.2 Å². The molecule has 4 aliphatic carbocycles. The predicted molar refractivity (Wildman–Crippen MR) is 178 cm³/mol. The Morgan fingerprint density at radius 3 is 2.51 bits per heavy atom. The minimum absolute atomic E-state index is 0.0169. The van der Waals surface area contributed by atoms with Gasteiger partial charge in [0.05, 0.1) is 6.10 Å². The molecule has 0 spiro atoms. The summed E-state index contributed by atoms with van der Waals surface area (Å²) in [7, 11) is 0. The van der Waals surface area contributed by atoms with E-state index in [0.29, 0.717) is 67.5 Å².